The van der Waals surface area contributed by atoms with Crippen LogP contribution in [0.5, 0.6) is 0 Å². The normalized spacial score (nSPS) is 18.3. The Balaban J connectivity index is 0.00000245. The first kappa shape index (κ1) is 22.3. The standard InChI is InChI=1S/C26H27FN4.ClH/c1-26(2,3)29-23-16-18-10-4-5-11-19(18)25(20-12-6-7-13-21(20)27)31(23)24-17-30-15-9-8-14-22(30)28-24;/h4-15,17,23,25,29H,16H2,1-3H3;1H. The smallest absolute Gasteiger partial charge is 0.149 e. The monoisotopic (exact) mass is 450 g/mol. The average Bonchev–Trinajstić information content (AvgIpc) is 3.16. The Morgan fingerprint density at radius 2 is 1.62 bits per heavy atom. The van der Waals surface area contributed by atoms with E-state index >= 15 is 4.39 Å². The third-order valence-electron chi connectivity index (χ3n) is 5.79. The lowest BCUT2D eigenvalue weighted by Crippen LogP contribution is -2.57. The molecule has 0 bridgehead atoms. The molecule has 4 aromatic rings. The Bertz CT molecular complexity index is 1200. The van der Waals surface area contributed by atoms with Gasteiger partial charge < -0.3 is 9.30 Å². The van der Waals surface area contributed by atoms with Gasteiger partial charge in [0.15, 0.2) is 0 Å². The van der Waals surface area contributed by atoms with Crippen LogP contribution in [-0.4, -0.2) is 21.1 Å². The molecule has 2 aromatic heterocycles. The van der Waals surface area contributed by atoms with E-state index in [9.17, 15) is 0 Å². The molecular weight excluding hydrogens is 423 g/mol. The third-order valence-corrected chi connectivity index (χ3v) is 5.79. The molecule has 0 saturated heterocycles. The zero-order valence-electron chi connectivity index (χ0n) is 18.5. The van der Waals surface area contributed by atoms with Crippen molar-refractivity contribution in [3.63, 3.8) is 0 Å². The van der Waals surface area contributed by atoms with E-state index in [1.54, 1.807) is 12.1 Å². The van der Waals surface area contributed by atoms with Gasteiger partial charge in [-0.25, -0.2) is 9.37 Å². The van der Waals surface area contributed by atoms with Crippen molar-refractivity contribution in [2.24, 2.45) is 0 Å². The van der Waals surface area contributed by atoms with Crippen LogP contribution in [0.25, 0.3) is 5.65 Å². The summed E-state index contributed by atoms with van der Waals surface area (Å²) in [6.07, 6.45) is 4.80. The highest BCUT2D eigenvalue weighted by molar-refractivity contribution is 5.85. The molecule has 0 aliphatic carbocycles. The fourth-order valence-electron chi connectivity index (χ4n) is 4.60. The molecule has 0 saturated carbocycles. The Labute approximate surface area is 194 Å². The zero-order valence-corrected chi connectivity index (χ0v) is 19.3. The summed E-state index contributed by atoms with van der Waals surface area (Å²) in [7, 11) is 0. The minimum Gasteiger partial charge on any atom is -0.328 e. The summed E-state index contributed by atoms with van der Waals surface area (Å²) in [6.45, 7) is 6.48. The first-order chi connectivity index (χ1) is 14.9. The molecule has 2 atom stereocenters. The van der Waals surface area contributed by atoms with Crippen LogP contribution in [0.2, 0.25) is 0 Å². The van der Waals surface area contributed by atoms with Crippen LogP contribution < -0.4 is 10.2 Å². The maximum Gasteiger partial charge on any atom is 0.149 e. The van der Waals surface area contributed by atoms with Gasteiger partial charge in [-0.05, 0) is 50.1 Å². The van der Waals surface area contributed by atoms with Crippen molar-refractivity contribution in [1.29, 1.82) is 0 Å². The first-order valence-corrected chi connectivity index (χ1v) is 10.7. The number of nitrogens with zero attached hydrogens (tertiary/aromatic N) is 3. The summed E-state index contributed by atoms with van der Waals surface area (Å²) in [5.74, 6) is 0.628. The van der Waals surface area contributed by atoms with Gasteiger partial charge in [-0.1, -0.05) is 48.5 Å². The molecule has 32 heavy (non-hydrogen) atoms. The zero-order chi connectivity index (χ0) is 21.6. The molecule has 1 aliphatic heterocycles. The number of anilines is 1. The van der Waals surface area contributed by atoms with E-state index in [4.69, 9.17) is 4.98 Å². The van der Waals surface area contributed by atoms with E-state index in [-0.39, 0.29) is 36.0 Å². The number of aromatic nitrogens is 2. The molecule has 0 radical (unpaired) electrons. The highest BCUT2D eigenvalue weighted by atomic mass is 35.5. The summed E-state index contributed by atoms with van der Waals surface area (Å²) in [6, 6.07) is 21.1. The van der Waals surface area contributed by atoms with Crippen LogP contribution in [0.15, 0.2) is 79.1 Å². The summed E-state index contributed by atoms with van der Waals surface area (Å²) in [4.78, 5) is 7.17. The number of benzene rings is 2. The van der Waals surface area contributed by atoms with Gasteiger partial charge in [-0.3, -0.25) is 5.32 Å². The van der Waals surface area contributed by atoms with E-state index in [0.717, 1.165) is 23.4 Å². The minimum absolute atomic E-state index is 0. The second-order valence-corrected chi connectivity index (χ2v) is 9.21. The average molecular weight is 451 g/mol. The molecule has 166 valence electrons. The number of nitrogens with one attached hydrogen (secondary N) is 1. The Morgan fingerprint density at radius 1 is 0.938 bits per heavy atom. The molecule has 2 unspecified atom stereocenters. The third kappa shape index (κ3) is 4.10. The van der Waals surface area contributed by atoms with Crippen molar-refractivity contribution >= 4 is 23.9 Å². The van der Waals surface area contributed by atoms with Crippen molar-refractivity contribution in [2.45, 2.75) is 44.9 Å². The van der Waals surface area contributed by atoms with Crippen molar-refractivity contribution in [2.75, 3.05) is 4.90 Å². The number of pyridine rings is 1. The van der Waals surface area contributed by atoms with Gasteiger partial charge in [0, 0.05) is 23.7 Å². The van der Waals surface area contributed by atoms with Crippen LogP contribution in [0, 0.1) is 5.82 Å². The maximum atomic E-state index is 15.2. The van der Waals surface area contributed by atoms with Crippen LogP contribution in [0.1, 0.15) is 43.5 Å². The second kappa shape index (κ2) is 8.57. The predicted octanol–water partition coefficient (Wildman–Crippen LogP) is 5.76. The van der Waals surface area contributed by atoms with Gasteiger partial charge in [0.1, 0.15) is 17.3 Å². The van der Waals surface area contributed by atoms with Crippen LogP contribution in [0.4, 0.5) is 10.2 Å². The first-order valence-electron chi connectivity index (χ1n) is 10.7. The van der Waals surface area contributed by atoms with E-state index in [2.05, 4.69) is 49.2 Å². The highest BCUT2D eigenvalue weighted by Crippen LogP contribution is 2.41. The maximum absolute atomic E-state index is 15.2. The van der Waals surface area contributed by atoms with E-state index in [0.29, 0.717) is 5.56 Å². The molecule has 6 heteroatoms. The minimum atomic E-state index is -0.282. The molecule has 0 spiro atoms. The quantitative estimate of drug-likeness (QED) is 0.430. The van der Waals surface area contributed by atoms with Crippen molar-refractivity contribution in [1.82, 2.24) is 14.7 Å². The predicted molar refractivity (Wildman–Crippen MR) is 130 cm³/mol. The van der Waals surface area contributed by atoms with Crippen LogP contribution in [0.3, 0.4) is 0 Å². The molecule has 1 N–H and O–H groups in total. The van der Waals surface area contributed by atoms with Gasteiger partial charge in [0.25, 0.3) is 0 Å². The lowest BCUT2D eigenvalue weighted by Gasteiger charge is -2.46. The summed E-state index contributed by atoms with van der Waals surface area (Å²) >= 11 is 0. The van der Waals surface area contributed by atoms with E-state index < -0.39 is 0 Å². The summed E-state index contributed by atoms with van der Waals surface area (Å²) in [5, 5.41) is 3.77. The number of hydrogen-bond donors (Lipinski definition) is 1. The molecule has 0 fully saturated rings. The summed E-state index contributed by atoms with van der Waals surface area (Å²) in [5.41, 5.74) is 3.77. The van der Waals surface area contributed by atoms with Crippen LogP contribution in [-0.2, 0) is 6.42 Å². The number of imidazole rings is 1. The second-order valence-electron chi connectivity index (χ2n) is 9.21. The van der Waals surface area contributed by atoms with Gasteiger partial charge in [-0.2, -0.15) is 0 Å². The molecule has 3 heterocycles. The summed E-state index contributed by atoms with van der Waals surface area (Å²) < 4.78 is 17.2. The largest absolute Gasteiger partial charge is 0.328 e. The Kier molecular flexibility index (Phi) is 5.97. The molecule has 0 amide bonds. The number of hydrogen-bond acceptors (Lipinski definition) is 3. The lowest BCUT2D eigenvalue weighted by molar-refractivity contribution is 0.324. The Hall–Kier alpha value is -2.89. The van der Waals surface area contributed by atoms with Gasteiger partial charge in [0.2, 0.25) is 0 Å². The number of halogens is 2. The molecule has 2 aromatic carbocycles. The van der Waals surface area contributed by atoms with E-state index in [1.807, 2.05) is 53.2 Å². The van der Waals surface area contributed by atoms with Crippen molar-refractivity contribution in [3.8, 4) is 0 Å². The van der Waals surface area contributed by atoms with Crippen LogP contribution >= 0.6 is 12.4 Å². The van der Waals surface area contributed by atoms with Gasteiger partial charge in [0.05, 0.1) is 18.4 Å². The highest BCUT2D eigenvalue weighted by Gasteiger charge is 2.39. The fourth-order valence-corrected chi connectivity index (χ4v) is 4.60. The van der Waals surface area contributed by atoms with Gasteiger partial charge >= 0.3 is 0 Å². The lowest BCUT2D eigenvalue weighted by atomic mass is 9.86. The number of fused-ring (bicyclic) bond motifs is 2. The molecule has 4 nitrogen and oxygen atoms in total. The van der Waals surface area contributed by atoms with Crippen molar-refractivity contribution in [3.05, 3.63) is 102 Å². The van der Waals surface area contributed by atoms with E-state index in [1.165, 1.54) is 5.56 Å². The molecule has 5 rings (SSSR count). The molecular formula is C26H28ClFN4. The number of rotatable bonds is 3. The Morgan fingerprint density at radius 3 is 2.34 bits per heavy atom. The topological polar surface area (TPSA) is 32.6 Å². The van der Waals surface area contributed by atoms with Crippen molar-refractivity contribution < 1.29 is 4.39 Å². The SMILES string of the molecule is CC(C)(C)NC1Cc2ccccc2C(c2ccccc2F)N1c1cn2ccccc2n1.Cl. The fraction of sp³-hybridized carbons (Fsp3) is 0.269. The molecule has 1 aliphatic rings. The van der Waals surface area contributed by atoms with Gasteiger partial charge in [-0.15, -0.1) is 12.4 Å².